The van der Waals surface area contributed by atoms with Gasteiger partial charge in [-0.05, 0) is 50.1 Å². The maximum absolute atomic E-state index is 5.22. The molecule has 1 rings (SSSR count). The minimum absolute atomic E-state index is 0.608. The Hall–Kier alpha value is -0.670. The van der Waals surface area contributed by atoms with Crippen LogP contribution in [0.1, 0.15) is 46.5 Å². The SMILES string of the molecule is CCCNC(CCC)C(CC)Sc1ccc(OC)cc1. The highest BCUT2D eigenvalue weighted by atomic mass is 32.2. The number of hydrogen-bond acceptors (Lipinski definition) is 3. The van der Waals surface area contributed by atoms with Crippen LogP contribution in [0.25, 0.3) is 0 Å². The van der Waals surface area contributed by atoms with E-state index in [1.807, 2.05) is 23.9 Å². The number of ether oxygens (including phenoxy) is 1. The monoisotopic (exact) mass is 295 g/mol. The average molecular weight is 295 g/mol. The van der Waals surface area contributed by atoms with Crippen LogP contribution in [0.2, 0.25) is 0 Å². The van der Waals surface area contributed by atoms with Gasteiger partial charge in [0.15, 0.2) is 0 Å². The van der Waals surface area contributed by atoms with Crippen LogP contribution in [0, 0.1) is 0 Å². The number of benzene rings is 1. The Morgan fingerprint density at radius 1 is 1.10 bits per heavy atom. The Labute approximate surface area is 128 Å². The molecule has 0 bridgehead atoms. The molecule has 0 radical (unpaired) electrons. The second-order valence-electron chi connectivity index (χ2n) is 5.09. The van der Waals surface area contributed by atoms with Crippen LogP contribution in [0.4, 0.5) is 0 Å². The zero-order chi connectivity index (χ0) is 14.8. The number of methoxy groups -OCH3 is 1. The van der Waals surface area contributed by atoms with Gasteiger partial charge in [0.1, 0.15) is 5.75 Å². The van der Waals surface area contributed by atoms with E-state index in [1.165, 1.54) is 30.6 Å². The van der Waals surface area contributed by atoms with Gasteiger partial charge in [0, 0.05) is 16.2 Å². The highest BCUT2D eigenvalue weighted by Crippen LogP contribution is 2.30. The van der Waals surface area contributed by atoms with Crippen molar-refractivity contribution in [3.8, 4) is 5.75 Å². The third-order valence-corrected chi connectivity index (χ3v) is 4.96. The summed E-state index contributed by atoms with van der Waals surface area (Å²) in [6.07, 6.45) is 4.88. The lowest BCUT2D eigenvalue weighted by atomic mass is 10.1. The molecule has 0 aliphatic heterocycles. The Bertz CT molecular complexity index is 353. The Morgan fingerprint density at radius 2 is 1.80 bits per heavy atom. The fraction of sp³-hybridized carbons (Fsp3) is 0.647. The van der Waals surface area contributed by atoms with Gasteiger partial charge in [-0.25, -0.2) is 0 Å². The molecular formula is C17H29NOS. The summed E-state index contributed by atoms with van der Waals surface area (Å²) in [5, 5.41) is 4.35. The third kappa shape index (κ3) is 5.76. The Balaban J connectivity index is 2.65. The highest BCUT2D eigenvalue weighted by molar-refractivity contribution is 8.00. The molecule has 2 nitrogen and oxygen atoms in total. The van der Waals surface area contributed by atoms with Gasteiger partial charge in [-0.1, -0.05) is 27.2 Å². The summed E-state index contributed by atoms with van der Waals surface area (Å²) in [6.45, 7) is 7.90. The van der Waals surface area contributed by atoms with Gasteiger partial charge in [-0.2, -0.15) is 0 Å². The topological polar surface area (TPSA) is 21.3 Å². The van der Waals surface area contributed by atoms with Crippen LogP contribution in [0.5, 0.6) is 5.75 Å². The Kier molecular flexibility index (Phi) is 8.79. The quantitative estimate of drug-likeness (QED) is 0.630. The maximum atomic E-state index is 5.22. The van der Waals surface area contributed by atoms with Gasteiger partial charge >= 0.3 is 0 Å². The van der Waals surface area contributed by atoms with Crippen LogP contribution < -0.4 is 10.1 Å². The molecule has 1 N–H and O–H groups in total. The molecule has 114 valence electrons. The largest absolute Gasteiger partial charge is 0.497 e. The molecule has 1 aromatic carbocycles. The molecule has 20 heavy (non-hydrogen) atoms. The van der Waals surface area contributed by atoms with Crippen molar-refractivity contribution >= 4 is 11.8 Å². The lowest BCUT2D eigenvalue weighted by Crippen LogP contribution is -2.38. The van der Waals surface area contributed by atoms with Crippen LogP contribution in [-0.4, -0.2) is 24.9 Å². The minimum Gasteiger partial charge on any atom is -0.497 e. The fourth-order valence-corrected chi connectivity index (χ4v) is 3.55. The van der Waals surface area contributed by atoms with Crippen molar-refractivity contribution in [3.05, 3.63) is 24.3 Å². The van der Waals surface area contributed by atoms with Crippen molar-refractivity contribution in [2.75, 3.05) is 13.7 Å². The molecule has 0 spiro atoms. The molecule has 0 fully saturated rings. The molecular weight excluding hydrogens is 266 g/mol. The van der Waals surface area contributed by atoms with E-state index in [-0.39, 0.29) is 0 Å². The predicted molar refractivity (Wildman–Crippen MR) is 89.9 cm³/mol. The second kappa shape index (κ2) is 10.1. The highest BCUT2D eigenvalue weighted by Gasteiger charge is 2.19. The fourth-order valence-electron chi connectivity index (χ4n) is 2.34. The van der Waals surface area contributed by atoms with Crippen LogP contribution in [0.3, 0.4) is 0 Å². The van der Waals surface area contributed by atoms with E-state index in [1.54, 1.807) is 7.11 Å². The van der Waals surface area contributed by atoms with Crippen molar-refractivity contribution in [1.29, 1.82) is 0 Å². The molecule has 0 aliphatic carbocycles. The molecule has 0 amide bonds. The molecule has 3 heteroatoms. The summed E-state index contributed by atoms with van der Waals surface area (Å²) >= 11 is 1.99. The molecule has 0 aliphatic rings. The van der Waals surface area contributed by atoms with Crippen molar-refractivity contribution in [2.24, 2.45) is 0 Å². The lowest BCUT2D eigenvalue weighted by molar-refractivity contribution is 0.414. The molecule has 2 atom stereocenters. The average Bonchev–Trinajstić information content (AvgIpc) is 2.50. The van der Waals surface area contributed by atoms with Crippen LogP contribution in [-0.2, 0) is 0 Å². The van der Waals surface area contributed by atoms with Crippen molar-refractivity contribution in [2.45, 2.75) is 62.6 Å². The smallest absolute Gasteiger partial charge is 0.118 e. The first-order chi connectivity index (χ1) is 9.74. The van der Waals surface area contributed by atoms with E-state index in [4.69, 9.17) is 4.74 Å². The summed E-state index contributed by atoms with van der Waals surface area (Å²) in [7, 11) is 1.71. The number of hydrogen-bond donors (Lipinski definition) is 1. The summed E-state index contributed by atoms with van der Waals surface area (Å²) in [5.41, 5.74) is 0. The van der Waals surface area contributed by atoms with Gasteiger partial charge in [-0.3, -0.25) is 0 Å². The first-order valence-electron chi connectivity index (χ1n) is 7.79. The van der Waals surface area contributed by atoms with Gasteiger partial charge < -0.3 is 10.1 Å². The van der Waals surface area contributed by atoms with E-state index in [2.05, 4.69) is 38.2 Å². The molecule has 0 aromatic heterocycles. The molecule has 0 heterocycles. The normalized spacial score (nSPS) is 14.0. The van der Waals surface area contributed by atoms with E-state index in [9.17, 15) is 0 Å². The first kappa shape index (κ1) is 17.4. The summed E-state index contributed by atoms with van der Waals surface area (Å²) < 4.78 is 5.22. The van der Waals surface area contributed by atoms with E-state index in [0.29, 0.717) is 11.3 Å². The van der Waals surface area contributed by atoms with Gasteiger partial charge in [-0.15, -0.1) is 11.8 Å². The first-order valence-corrected chi connectivity index (χ1v) is 8.67. The van der Waals surface area contributed by atoms with E-state index in [0.717, 1.165) is 12.3 Å². The summed E-state index contributed by atoms with van der Waals surface area (Å²) in [5.74, 6) is 0.927. The van der Waals surface area contributed by atoms with E-state index >= 15 is 0 Å². The molecule has 0 saturated carbocycles. The second-order valence-corrected chi connectivity index (χ2v) is 6.40. The summed E-state index contributed by atoms with van der Waals surface area (Å²) in [4.78, 5) is 1.33. The zero-order valence-electron chi connectivity index (χ0n) is 13.3. The minimum atomic E-state index is 0.608. The van der Waals surface area contributed by atoms with Crippen LogP contribution in [0.15, 0.2) is 29.2 Å². The lowest BCUT2D eigenvalue weighted by Gasteiger charge is -2.27. The summed E-state index contributed by atoms with van der Waals surface area (Å²) in [6, 6.07) is 9.02. The molecule has 2 unspecified atom stereocenters. The van der Waals surface area contributed by atoms with Gasteiger partial charge in [0.05, 0.1) is 7.11 Å². The standard InChI is InChI=1S/C17H29NOS/c1-5-8-16(18-13-6-2)17(7-3)20-15-11-9-14(19-4)10-12-15/h9-12,16-18H,5-8,13H2,1-4H3. The zero-order valence-corrected chi connectivity index (χ0v) is 14.1. The van der Waals surface area contributed by atoms with Crippen molar-refractivity contribution < 1.29 is 4.74 Å². The number of rotatable bonds is 10. The van der Waals surface area contributed by atoms with Crippen molar-refractivity contribution in [3.63, 3.8) is 0 Å². The maximum Gasteiger partial charge on any atom is 0.118 e. The Morgan fingerprint density at radius 3 is 2.30 bits per heavy atom. The number of thioether (sulfide) groups is 1. The van der Waals surface area contributed by atoms with E-state index < -0.39 is 0 Å². The molecule has 1 aromatic rings. The predicted octanol–water partition coefficient (Wildman–Crippen LogP) is 4.73. The third-order valence-electron chi connectivity index (χ3n) is 3.45. The van der Waals surface area contributed by atoms with Gasteiger partial charge in [0.2, 0.25) is 0 Å². The van der Waals surface area contributed by atoms with Gasteiger partial charge in [0.25, 0.3) is 0 Å². The number of nitrogens with one attached hydrogen (secondary N) is 1. The van der Waals surface area contributed by atoms with Crippen LogP contribution >= 0.6 is 11.8 Å². The molecule has 0 saturated heterocycles. The van der Waals surface area contributed by atoms with Crippen molar-refractivity contribution in [1.82, 2.24) is 5.32 Å².